The van der Waals surface area contributed by atoms with Crippen LogP contribution < -0.4 is 5.32 Å². The van der Waals surface area contributed by atoms with Crippen molar-refractivity contribution >= 4 is 22.3 Å². The third kappa shape index (κ3) is 4.06. The number of fused-ring (bicyclic) bond motifs is 2. The van der Waals surface area contributed by atoms with Crippen molar-refractivity contribution < 1.29 is 26.8 Å². The van der Waals surface area contributed by atoms with Crippen molar-refractivity contribution in [1.82, 2.24) is 20.3 Å². The molecule has 2 atom stereocenters. The molecule has 0 radical (unpaired) electrons. The molecule has 0 unspecified atom stereocenters. The van der Waals surface area contributed by atoms with Gasteiger partial charge in [-0.2, -0.15) is 13.5 Å². The molecule has 0 spiro atoms. The highest BCUT2D eigenvalue weighted by molar-refractivity contribution is 7.80. The average Bonchev–Trinajstić information content (AvgIpc) is 2.79. The minimum absolute atomic E-state index is 0.176. The molecule has 1 aromatic rings. The minimum atomic E-state index is -4.79. The van der Waals surface area contributed by atoms with E-state index in [4.69, 9.17) is 4.55 Å². The summed E-state index contributed by atoms with van der Waals surface area (Å²) in [5.41, 5.74) is 0.983. The van der Waals surface area contributed by atoms with Gasteiger partial charge in [0.05, 0.1) is 6.04 Å². The van der Waals surface area contributed by atoms with Gasteiger partial charge in [-0.3, -0.25) is 14.3 Å². The molecule has 2 bridgehead atoms. The Labute approximate surface area is 144 Å². The fourth-order valence-corrected chi connectivity index (χ4v) is 3.49. The summed E-state index contributed by atoms with van der Waals surface area (Å²) in [5.74, 6) is -0.301. The molecule has 10 nitrogen and oxygen atoms in total. The predicted molar refractivity (Wildman–Crippen MR) is 84.3 cm³/mol. The molecule has 3 amide bonds. The summed E-state index contributed by atoms with van der Waals surface area (Å²) >= 11 is 0. The summed E-state index contributed by atoms with van der Waals surface area (Å²) < 4.78 is 34.8. The summed E-state index contributed by atoms with van der Waals surface area (Å²) in [4.78, 5) is 29.9. The maximum absolute atomic E-state index is 12.4. The van der Waals surface area contributed by atoms with E-state index in [1.54, 1.807) is 12.4 Å². The molecule has 25 heavy (non-hydrogen) atoms. The van der Waals surface area contributed by atoms with Crippen LogP contribution in [0, 0.1) is 0 Å². The molecule has 136 valence electrons. The van der Waals surface area contributed by atoms with Crippen LogP contribution in [0.15, 0.2) is 24.5 Å². The van der Waals surface area contributed by atoms with E-state index in [-0.39, 0.29) is 12.5 Å². The molecular formula is C14H18N4O6S. The minimum Gasteiger partial charge on any atom is -0.354 e. The zero-order valence-electron chi connectivity index (χ0n) is 13.2. The molecule has 11 heteroatoms. The Morgan fingerprint density at radius 3 is 2.92 bits per heavy atom. The topological polar surface area (TPSA) is 129 Å². The predicted octanol–water partition coefficient (Wildman–Crippen LogP) is -0.257. The first-order valence-corrected chi connectivity index (χ1v) is 9.15. The molecule has 0 saturated carbocycles. The first-order valence-electron chi connectivity index (χ1n) is 7.78. The van der Waals surface area contributed by atoms with Gasteiger partial charge in [0.25, 0.3) is 0 Å². The van der Waals surface area contributed by atoms with Crippen molar-refractivity contribution in [2.75, 3.05) is 13.1 Å². The number of hydrogen-bond acceptors (Lipinski definition) is 6. The number of carbonyl (C=O) groups is 2. The standard InChI is InChI=1S/C14H18N4O6S/c19-13(16-7-5-10-2-1-6-15-8-10)12-4-3-11-9-17(12)14(20)18(11)24-25(21,22)23/h1-2,6,8,11-12H,3-5,7,9H2,(H,16,19)(H,21,22,23)/t11-,12-/m1/s1. The Morgan fingerprint density at radius 2 is 2.24 bits per heavy atom. The van der Waals surface area contributed by atoms with Crippen molar-refractivity contribution in [3.8, 4) is 0 Å². The zero-order chi connectivity index (χ0) is 18.0. The molecule has 2 aliphatic rings. The van der Waals surface area contributed by atoms with Gasteiger partial charge in [0.1, 0.15) is 6.04 Å². The van der Waals surface area contributed by atoms with E-state index in [1.807, 2.05) is 12.1 Å². The lowest BCUT2D eigenvalue weighted by Crippen LogP contribution is -2.50. The van der Waals surface area contributed by atoms with Gasteiger partial charge >= 0.3 is 16.4 Å². The SMILES string of the molecule is O=C(NCCc1cccnc1)[C@H]1CC[C@@H]2CN1C(=O)N2OS(=O)(=O)O. The van der Waals surface area contributed by atoms with Crippen LogP contribution in [0.3, 0.4) is 0 Å². The number of rotatable bonds is 6. The summed E-state index contributed by atoms with van der Waals surface area (Å²) in [6.07, 6.45) is 4.78. The smallest absolute Gasteiger partial charge is 0.354 e. The van der Waals surface area contributed by atoms with Crippen LogP contribution in [0.2, 0.25) is 0 Å². The third-order valence-electron chi connectivity index (χ3n) is 4.24. The fourth-order valence-electron chi connectivity index (χ4n) is 3.10. The van der Waals surface area contributed by atoms with Crippen LogP contribution in [0.1, 0.15) is 18.4 Å². The summed E-state index contributed by atoms with van der Waals surface area (Å²) in [6, 6.07) is 1.78. The first kappa shape index (κ1) is 17.6. The lowest BCUT2D eigenvalue weighted by molar-refractivity contribution is -0.126. The summed E-state index contributed by atoms with van der Waals surface area (Å²) in [7, 11) is -4.79. The van der Waals surface area contributed by atoms with Gasteiger partial charge in [0, 0.05) is 25.5 Å². The zero-order valence-corrected chi connectivity index (χ0v) is 14.1. The number of aromatic nitrogens is 1. The number of hydrogen-bond donors (Lipinski definition) is 2. The van der Waals surface area contributed by atoms with E-state index in [0.29, 0.717) is 30.9 Å². The molecule has 2 fully saturated rings. The molecule has 3 rings (SSSR count). The van der Waals surface area contributed by atoms with Gasteiger partial charge in [-0.15, -0.1) is 4.28 Å². The second-order valence-electron chi connectivity index (χ2n) is 5.91. The van der Waals surface area contributed by atoms with Crippen LogP contribution in [-0.2, 0) is 25.9 Å². The largest absolute Gasteiger partial charge is 0.418 e. The van der Waals surface area contributed by atoms with Gasteiger partial charge in [-0.1, -0.05) is 6.07 Å². The molecule has 2 aliphatic heterocycles. The molecule has 0 aromatic carbocycles. The van der Waals surface area contributed by atoms with Crippen LogP contribution in [-0.4, -0.2) is 65.0 Å². The number of amides is 3. The molecule has 0 aliphatic carbocycles. The van der Waals surface area contributed by atoms with Crippen LogP contribution in [0.5, 0.6) is 0 Å². The van der Waals surface area contributed by atoms with Crippen molar-refractivity contribution in [2.45, 2.75) is 31.3 Å². The van der Waals surface area contributed by atoms with Gasteiger partial charge < -0.3 is 10.2 Å². The highest BCUT2D eigenvalue weighted by Crippen LogP contribution is 2.30. The van der Waals surface area contributed by atoms with Crippen molar-refractivity contribution in [3.05, 3.63) is 30.1 Å². The average molecular weight is 370 g/mol. The lowest BCUT2D eigenvalue weighted by atomic mass is 10.0. The normalized spacial score (nSPS) is 23.0. The Kier molecular flexibility index (Phi) is 4.88. The van der Waals surface area contributed by atoms with E-state index in [9.17, 15) is 18.0 Å². The van der Waals surface area contributed by atoms with E-state index >= 15 is 0 Å². The number of nitrogens with one attached hydrogen (secondary N) is 1. The van der Waals surface area contributed by atoms with Gasteiger partial charge in [0.15, 0.2) is 0 Å². The molecule has 2 N–H and O–H groups in total. The van der Waals surface area contributed by atoms with E-state index < -0.39 is 28.5 Å². The number of hydroxylamine groups is 2. The van der Waals surface area contributed by atoms with Crippen molar-refractivity contribution in [2.24, 2.45) is 0 Å². The third-order valence-corrected chi connectivity index (χ3v) is 4.58. The maximum atomic E-state index is 12.4. The van der Waals surface area contributed by atoms with Gasteiger partial charge in [0.2, 0.25) is 5.91 Å². The van der Waals surface area contributed by atoms with Crippen molar-refractivity contribution in [1.29, 1.82) is 0 Å². The van der Waals surface area contributed by atoms with Crippen LogP contribution in [0.25, 0.3) is 0 Å². The highest BCUT2D eigenvalue weighted by atomic mass is 32.3. The number of piperidine rings is 1. The van der Waals surface area contributed by atoms with Crippen LogP contribution >= 0.6 is 0 Å². The lowest BCUT2D eigenvalue weighted by Gasteiger charge is -2.29. The number of pyridine rings is 1. The highest BCUT2D eigenvalue weighted by Gasteiger charge is 2.49. The second kappa shape index (κ2) is 6.94. The van der Waals surface area contributed by atoms with E-state index in [2.05, 4.69) is 14.6 Å². The molecular weight excluding hydrogens is 352 g/mol. The van der Waals surface area contributed by atoms with Gasteiger partial charge in [-0.05, 0) is 30.9 Å². The quantitative estimate of drug-likeness (QED) is 0.660. The molecule has 3 heterocycles. The Bertz CT molecular complexity index is 756. The number of urea groups is 1. The van der Waals surface area contributed by atoms with E-state index in [0.717, 1.165) is 5.56 Å². The Hall–Kier alpha value is -2.24. The van der Waals surface area contributed by atoms with Crippen LogP contribution in [0.4, 0.5) is 4.79 Å². The maximum Gasteiger partial charge on any atom is 0.418 e. The Balaban J connectivity index is 1.57. The first-order chi connectivity index (χ1) is 11.8. The monoisotopic (exact) mass is 370 g/mol. The molecule has 2 saturated heterocycles. The number of nitrogens with zero attached hydrogens (tertiary/aromatic N) is 3. The van der Waals surface area contributed by atoms with E-state index in [1.165, 1.54) is 4.90 Å². The summed E-state index contributed by atoms with van der Waals surface area (Å²) in [6.45, 7) is 0.576. The fraction of sp³-hybridized carbons (Fsp3) is 0.500. The summed E-state index contributed by atoms with van der Waals surface area (Å²) in [5, 5.41) is 3.40. The second-order valence-corrected chi connectivity index (χ2v) is 6.92. The molecule has 1 aromatic heterocycles. The Morgan fingerprint density at radius 1 is 1.44 bits per heavy atom. The number of carbonyl (C=O) groups excluding carboxylic acids is 2. The van der Waals surface area contributed by atoms with Crippen molar-refractivity contribution in [3.63, 3.8) is 0 Å². The van der Waals surface area contributed by atoms with Gasteiger partial charge in [-0.25, -0.2) is 4.79 Å².